The van der Waals surface area contributed by atoms with E-state index in [9.17, 15) is 0 Å². The molecule has 1 atom stereocenters. The lowest BCUT2D eigenvalue weighted by Crippen LogP contribution is -2.20. The van der Waals surface area contributed by atoms with Gasteiger partial charge in [0.15, 0.2) is 0 Å². The summed E-state index contributed by atoms with van der Waals surface area (Å²) < 4.78 is 0. The lowest BCUT2D eigenvalue weighted by Gasteiger charge is -2.10. The van der Waals surface area contributed by atoms with Crippen molar-refractivity contribution in [3.05, 3.63) is 11.8 Å². The van der Waals surface area contributed by atoms with Gasteiger partial charge in [0.25, 0.3) is 0 Å². The Labute approximate surface area is 88.5 Å². The van der Waals surface area contributed by atoms with Crippen LogP contribution in [0.1, 0.15) is 48.0 Å². The van der Waals surface area contributed by atoms with Gasteiger partial charge in [0.1, 0.15) is 0 Å². The van der Waals surface area contributed by atoms with E-state index in [2.05, 4.69) is 57.9 Å². The van der Waals surface area contributed by atoms with E-state index in [-0.39, 0.29) is 0 Å². The van der Waals surface area contributed by atoms with Crippen molar-refractivity contribution < 1.29 is 0 Å². The van der Waals surface area contributed by atoms with E-state index in [4.69, 9.17) is 0 Å². The zero-order valence-electron chi connectivity index (χ0n) is 10.4. The predicted octanol–water partition coefficient (Wildman–Crippen LogP) is 3.15. The van der Waals surface area contributed by atoms with Crippen LogP contribution in [0.25, 0.3) is 0 Å². The zero-order chi connectivity index (χ0) is 11.1. The maximum Gasteiger partial charge on any atom is 0.0472 e. The van der Waals surface area contributed by atoms with Crippen molar-refractivity contribution in [2.75, 3.05) is 0 Å². The van der Waals surface area contributed by atoms with Gasteiger partial charge >= 0.3 is 0 Å². The van der Waals surface area contributed by atoms with E-state index in [0.717, 1.165) is 12.1 Å². The fourth-order valence-electron chi connectivity index (χ4n) is 1.29. The lowest BCUT2D eigenvalue weighted by atomic mass is 10.2. The third-order valence-electron chi connectivity index (χ3n) is 1.96. The van der Waals surface area contributed by atoms with Gasteiger partial charge in [0.05, 0.1) is 0 Å². The molecule has 0 saturated carbocycles. The van der Waals surface area contributed by atoms with Crippen molar-refractivity contribution in [2.45, 2.75) is 60.0 Å². The standard InChI is InChI=1S/C12H24N2/c1-7-10(4)14-12(6)8-11(5)13-9(2)3/h8-10,13H,7H2,1-6H3/b11-8-,14-12?. The summed E-state index contributed by atoms with van der Waals surface area (Å²) >= 11 is 0. The molecule has 0 aromatic heterocycles. The first-order valence-electron chi connectivity index (χ1n) is 5.45. The van der Waals surface area contributed by atoms with Crippen LogP contribution in [0.3, 0.4) is 0 Å². The van der Waals surface area contributed by atoms with Gasteiger partial charge in [-0.3, -0.25) is 4.99 Å². The van der Waals surface area contributed by atoms with E-state index in [1.807, 2.05) is 0 Å². The highest BCUT2D eigenvalue weighted by molar-refractivity contribution is 5.93. The molecular formula is C12H24N2. The number of aliphatic imine (C=N–C) groups is 1. The van der Waals surface area contributed by atoms with Gasteiger partial charge in [-0.05, 0) is 47.1 Å². The molecule has 0 bridgehead atoms. The van der Waals surface area contributed by atoms with Gasteiger partial charge in [-0.1, -0.05) is 6.92 Å². The van der Waals surface area contributed by atoms with Crippen molar-refractivity contribution in [1.29, 1.82) is 0 Å². The highest BCUT2D eigenvalue weighted by Gasteiger charge is 1.96. The van der Waals surface area contributed by atoms with Crippen LogP contribution in [0.4, 0.5) is 0 Å². The molecule has 82 valence electrons. The van der Waals surface area contributed by atoms with Crippen molar-refractivity contribution in [2.24, 2.45) is 4.99 Å². The molecule has 14 heavy (non-hydrogen) atoms. The second-order valence-corrected chi connectivity index (χ2v) is 4.15. The summed E-state index contributed by atoms with van der Waals surface area (Å²) in [7, 11) is 0. The van der Waals surface area contributed by atoms with Crippen LogP contribution in [0.2, 0.25) is 0 Å². The maximum atomic E-state index is 4.54. The molecule has 0 radical (unpaired) electrons. The molecule has 0 rings (SSSR count). The van der Waals surface area contributed by atoms with E-state index in [1.54, 1.807) is 0 Å². The van der Waals surface area contributed by atoms with Gasteiger partial charge in [0, 0.05) is 23.5 Å². The summed E-state index contributed by atoms with van der Waals surface area (Å²) in [4.78, 5) is 4.54. The van der Waals surface area contributed by atoms with Gasteiger partial charge in [-0.2, -0.15) is 0 Å². The minimum absolute atomic E-state index is 0.429. The Balaban J connectivity index is 4.26. The summed E-state index contributed by atoms with van der Waals surface area (Å²) in [5.41, 5.74) is 2.29. The first-order chi connectivity index (χ1) is 6.45. The number of rotatable bonds is 5. The van der Waals surface area contributed by atoms with E-state index < -0.39 is 0 Å². The largest absolute Gasteiger partial charge is 0.386 e. The SMILES string of the molecule is CCC(C)N=C(C)/C=C(/C)NC(C)C. The van der Waals surface area contributed by atoms with Crippen LogP contribution in [0, 0.1) is 0 Å². The van der Waals surface area contributed by atoms with Crippen LogP contribution < -0.4 is 5.32 Å². The van der Waals surface area contributed by atoms with Gasteiger partial charge in [-0.15, -0.1) is 0 Å². The molecule has 0 aromatic carbocycles. The molecule has 0 heterocycles. The molecular weight excluding hydrogens is 172 g/mol. The smallest absolute Gasteiger partial charge is 0.0472 e. The number of hydrogen-bond acceptors (Lipinski definition) is 2. The molecule has 0 saturated heterocycles. The Morgan fingerprint density at radius 2 is 1.86 bits per heavy atom. The normalized spacial score (nSPS) is 15.9. The van der Waals surface area contributed by atoms with Gasteiger partial charge in [0.2, 0.25) is 0 Å². The third kappa shape index (κ3) is 6.70. The van der Waals surface area contributed by atoms with E-state index in [1.165, 1.54) is 5.70 Å². The molecule has 0 spiro atoms. The fourth-order valence-corrected chi connectivity index (χ4v) is 1.29. The van der Waals surface area contributed by atoms with Crippen molar-refractivity contribution in [3.8, 4) is 0 Å². The molecule has 0 aromatic rings. The number of hydrogen-bond donors (Lipinski definition) is 1. The van der Waals surface area contributed by atoms with E-state index >= 15 is 0 Å². The minimum Gasteiger partial charge on any atom is -0.386 e. The topological polar surface area (TPSA) is 24.4 Å². The van der Waals surface area contributed by atoms with Crippen molar-refractivity contribution in [3.63, 3.8) is 0 Å². The second-order valence-electron chi connectivity index (χ2n) is 4.15. The molecule has 0 aliphatic carbocycles. The molecule has 1 N–H and O–H groups in total. The van der Waals surface area contributed by atoms with Crippen LogP contribution in [-0.4, -0.2) is 17.8 Å². The zero-order valence-corrected chi connectivity index (χ0v) is 10.4. The van der Waals surface area contributed by atoms with Crippen LogP contribution in [0.5, 0.6) is 0 Å². The minimum atomic E-state index is 0.429. The number of allylic oxidation sites excluding steroid dienone is 2. The van der Waals surface area contributed by atoms with Crippen LogP contribution >= 0.6 is 0 Å². The van der Waals surface area contributed by atoms with Gasteiger partial charge in [-0.25, -0.2) is 0 Å². The summed E-state index contributed by atoms with van der Waals surface area (Å²) in [6.45, 7) is 12.7. The second kappa shape index (κ2) is 6.63. The Morgan fingerprint density at radius 3 is 2.29 bits per heavy atom. The summed E-state index contributed by atoms with van der Waals surface area (Å²) in [5, 5.41) is 3.35. The first kappa shape index (κ1) is 13.2. The number of nitrogens with zero attached hydrogens (tertiary/aromatic N) is 1. The third-order valence-corrected chi connectivity index (χ3v) is 1.96. The average Bonchev–Trinajstić information content (AvgIpc) is 2.01. The Kier molecular flexibility index (Phi) is 6.26. The maximum absolute atomic E-state index is 4.54. The molecule has 0 amide bonds. The highest BCUT2D eigenvalue weighted by Crippen LogP contribution is 1.98. The van der Waals surface area contributed by atoms with Crippen LogP contribution in [-0.2, 0) is 0 Å². The van der Waals surface area contributed by atoms with E-state index in [0.29, 0.717) is 12.1 Å². The van der Waals surface area contributed by atoms with Crippen molar-refractivity contribution in [1.82, 2.24) is 5.32 Å². The Hall–Kier alpha value is -0.790. The lowest BCUT2D eigenvalue weighted by molar-refractivity contribution is 0.669. The molecule has 2 nitrogen and oxygen atoms in total. The first-order valence-corrected chi connectivity index (χ1v) is 5.45. The Morgan fingerprint density at radius 1 is 1.29 bits per heavy atom. The number of nitrogens with one attached hydrogen (secondary N) is 1. The fraction of sp³-hybridized carbons (Fsp3) is 0.750. The van der Waals surface area contributed by atoms with Crippen molar-refractivity contribution >= 4 is 5.71 Å². The molecule has 0 fully saturated rings. The summed E-state index contributed by atoms with van der Waals surface area (Å²) in [6.07, 6.45) is 3.20. The summed E-state index contributed by atoms with van der Waals surface area (Å²) in [6, 6.07) is 0.917. The molecule has 0 aliphatic heterocycles. The Bertz CT molecular complexity index is 214. The van der Waals surface area contributed by atoms with Gasteiger partial charge < -0.3 is 5.32 Å². The highest BCUT2D eigenvalue weighted by atomic mass is 14.9. The quantitative estimate of drug-likeness (QED) is 0.671. The monoisotopic (exact) mass is 196 g/mol. The molecule has 1 unspecified atom stereocenters. The molecule has 2 heteroatoms. The predicted molar refractivity (Wildman–Crippen MR) is 64.9 cm³/mol. The summed E-state index contributed by atoms with van der Waals surface area (Å²) in [5.74, 6) is 0. The van der Waals surface area contributed by atoms with Crippen LogP contribution in [0.15, 0.2) is 16.8 Å². The average molecular weight is 196 g/mol. The molecule has 0 aliphatic rings.